The first-order chi connectivity index (χ1) is 8.17. The van der Waals surface area contributed by atoms with Crippen LogP contribution < -0.4 is 15.2 Å². The Bertz CT molecular complexity index is 407. The fraction of sp³-hybridized carbons (Fsp3) is 0.417. The summed E-state index contributed by atoms with van der Waals surface area (Å²) < 4.78 is 10.4. The molecule has 0 atom stereocenters. The van der Waals surface area contributed by atoms with Gasteiger partial charge in [-0.1, -0.05) is 0 Å². The summed E-state index contributed by atoms with van der Waals surface area (Å²) in [5, 5.41) is 0. The molecule has 0 saturated heterocycles. The number of hydrogen-bond donors (Lipinski definition) is 1. The molecule has 17 heavy (non-hydrogen) atoms. The predicted molar refractivity (Wildman–Crippen MR) is 69.3 cm³/mol. The molecule has 0 saturated carbocycles. The lowest BCUT2D eigenvalue weighted by Gasteiger charge is -2.12. The highest BCUT2D eigenvalue weighted by molar-refractivity contribution is 7.98. The largest absolute Gasteiger partial charge is 0.493 e. The summed E-state index contributed by atoms with van der Waals surface area (Å²) in [6, 6.07) is 3.52. The molecule has 0 aliphatic heterocycles. The van der Waals surface area contributed by atoms with Crippen molar-refractivity contribution in [3.63, 3.8) is 0 Å². The molecule has 2 N–H and O–H groups in total. The summed E-state index contributed by atoms with van der Waals surface area (Å²) >= 11 is 1.50. The number of benzene rings is 1. The van der Waals surface area contributed by atoms with E-state index < -0.39 is 0 Å². The minimum Gasteiger partial charge on any atom is -0.493 e. The van der Waals surface area contributed by atoms with Crippen LogP contribution in [0.1, 0.15) is 16.8 Å². The third-order valence-corrected chi connectivity index (χ3v) is 3.16. The third kappa shape index (κ3) is 3.14. The molecule has 0 unspecified atom stereocenters. The van der Waals surface area contributed by atoms with E-state index in [1.807, 2.05) is 12.3 Å². The van der Waals surface area contributed by atoms with Gasteiger partial charge in [0.15, 0.2) is 17.3 Å². The molecule has 0 fully saturated rings. The third-order valence-electron chi connectivity index (χ3n) is 2.38. The average molecular weight is 255 g/mol. The van der Waals surface area contributed by atoms with Crippen molar-refractivity contribution in [3.8, 4) is 11.5 Å². The second kappa shape index (κ2) is 6.51. The van der Waals surface area contributed by atoms with Gasteiger partial charge in [0, 0.05) is 16.9 Å². The van der Waals surface area contributed by atoms with Crippen LogP contribution in [-0.2, 0) is 0 Å². The number of carbonyl (C=O) groups is 1. The molecule has 0 aliphatic rings. The number of ketones is 1. The number of thioether (sulfide) groups is 1. The van der Waals surface area contributed by atoms with E-state index >= 15 is 0 Å². The van der Waals surface area contributed by atoms with E-state index in [4.69, 9.17) is 15.2 Å². The first-order valence-corrected chi connectivity index (χ1v) is 6.43. The highest BCUT2D eigenvalue weighted by atomic mass is 32.2. The van der Waals surface area contributed by atoms with E-state index in [2.05, 4.69) is 0 Å². The number of hydrogen-bond acceptors (Lipinski definition) is 5. The maximum atomic E-state index is 11.9. The summed E-state index contributed by atoms with van der Waals surface area (Å²) in [5.74, 6) is 1.21. The van der Waals surface area contributed by atoms with Crippen molar-refractivity contribution < 1.29 is 14.3 Å². The van der Waals surface area contributed by atoms with Crippen LogP contribution in [0.3, 0.4) is 0 Å². The second-order valence-electron chi connectivity index (χ2n) is 3.37. The first-order valence-electron chi connectivity index (χ1n) is 5.21. The fourth-order valence-corrected chi connectivity index (χ4v) is 2.13. The Morgan fingerprint density at radius 3 is 2.35 bits per heavy atom. The lowest BCUT2D eigenvalue weighted by Crippen LogP contribution is -2.09. The van der Waals surface area contributed by atoms with Crippen molar-refractivity contribution in [2.24, 2.45) is 5.73 Å². The minimum absolute atomic E-state index is 0.0257. The molecule has 0 amide bonds. The molecule has 0 radical (unpaired) electrons. The Morgan fingerprint density at radius 1 is 1.29 bits per heavy atom. The average Bonchev–Trinajstić information content (AvgIpc) is 2.37. The van der Waals surface area contributed by atoms with Crippen molar-refractivity contribution in [2.45, 2.75) is 11.3 Å². The molecular formula is C12H17NO3S. The van der Waals surface area contributed by atoms with Gasteiger partial charge >= 0.3 is 0 Å². The van der Waals surface area contributed by atoms with Gasteiger partial charge < -0.3 is 15.2 Å². The topological polar surface area (TPSA) is 61.5 Å². The zero-order valence-corrected chi connectivity index (χ0v) is 11.1. The normalized spacial score (nSPS) is 10.1. The van der Waals surface area contributed by atoms with Crippen LogP contribution in [0.2, 0.25) is 0 Å². The van der Waals surface area contributed by atoms with E-state index in [0.29, 0.717) is 30.0 Å². The quantitative estimate of drug-likeness (QED) is 0.622. The van der Waals surface area contributed by atoms with Gasteiger partial charge in [-0.2, -0.15) is 0 Å². The lowest BCUT2D eigenvalue weighted by molar-refractivity contribution is 0.0982. The smallest absolute Gasteiger partial charge is 0.165 e. The SMILES string of the molecule is COc1cc(SC)c(C(=O)CCN)cc1OC. The summed E-state index contributed by atoms with van der Waals surface area (Å²) in [6.07, 6.45) is 2.25. The van der Waals surface area contributed by atoms with Crippen LogP contribution in [-0.4, -0.2) is 32.8 Å². The van der Waals surface area contributed by atoms with E-state index in [1.165, 1.54) is 11.8 Å². The van der Waals surface area contributed by atoms with Gasteiger partial charge in [0.1, 0.15) is 0 Å². The zero-order chi connectivity index (χ0) is 12.8. The summed E-state index contributed by atoms with van der Waals surface area (Å²) in [5.41, 5.74) is 6.04. The van der Waals surface area contributed by atoms with Crippen LogP contribution in [0, 0.1) is 0 Å². The molecule has 0 spiro atoms. The molecule has 94 valence electrons. The van der Waals surface area contributed by atoms with Gasteiger partial charge in [-0.25, -0.2) is 0 Å². The van der Waals surface area contributed by atoms with Crippen molar-refractivity contribution in [3.05, 3.63) is 17.7 Å². The molecule has 0 aliphatic carbocycles. The maximum absolute atomic E-state index is 11.9. The molecule has 0 heterocycles. The van der Waals surface area contributed by atoms with Crippen molar-refractivity contribution >= 4 is 17.5 Å². The fourth-order valence-electron chi connectivity index (χ4n) is 1.51. The van der Waals surface area contributed by atoms with Gasteiger partial charge in [0.25, 0.3) is 0 Å². The number of Topliss-reactive ketones (excluding diaryl/α,β-unsaturated/α-hetero) is 1. The van der Waals surface area contributed by atoms with E-state index in [-0.39, 0.29) is 5.78 Å². The highest BCUT2D eigenvalue weighted by Crippen LogP contribution is 2.34. The van der Waals surface area contributed by atoms with E-state index in [0.717, 1.165) is 4.90 Å². The molecule has 0 bridgehead atoms. The van der Waals surface area contributed by atoms with Crippen molar-refractivity contribution in [1.82, 2.24) is 0 Å². The molecular weight excluding hydrogens is 238 g/mol. The van der Waals surface area contributed by atoms with Crippen LogP contribution in [0.15, 0.2) is 17.0 Å². The van der Waals surface area contributed by atoms with E-state index in [9.17, 15) is 4.79 Å². The van der Waals surface area contributed by atoms with Crippen LogP contribution >= 0.6 is 11.8 Å². The summed E-state index contributed by atoms with van der Waals surface area (Å²) in [6.45, 7) is 0.348. The molecule has 1 aromatic carbocycles. The Morgan fingerprint density at radius 2 is 1.88 bits per heavy atom. The number of carbonyl (C=O) groups excluding carboxylic acids is 1. The van der Waals surface area contributed by atoms with Crippen LogP contribution in [0.4, 0.5) is 0 Å². The first kappa shape index (κ1) is 13.9. The van der Waals surface area contributed by atoms with Crippen LogP contribution in [0.5, 0.6) is 11.5 Å². The van der Waals surface area contributed by atoms with Gasteiger partial charge in [-0.15, -0.1) is 11.8 Å². The molecule has 0 aromatic heterocycles. The standard InChI is InChI=1S/C12H17NO3S/c1-15-10-6-8(9(14)4-5-13)12(17-3)7-11(10)16-2/h6-7H,4-5,13H2,1-3H3. The Labute approximate surface area is 105 Å². The van der Waals surface area contributed by atoms with Gasteiger partial charge in [-0.05, 0) is 24.9 Å². The molecule has 1 aromatic rings. The number of ether oxygens (including phenoxy) is 2. The Hall–Kier alpha value is -1.20. The molecule has 1 rings (SSSR count). The Balaban J connectivity index is 3.23. The summed E-state index contributed by atoms with van der Waals surface area (Å²) in [4.78, 5) is 12.8. The minimum atomic E-state index is 0.0257. The van der Waals surface area contributed by atoms with Gasteiger partial charge in [-0.3, -0.25) is 4.79 Å². The van der Waals surface area contributed by atoms with Crippen LogP contribution in [0.25, 0.3) is 0 Å². The molecule has 5 heteroatoms. The monoisotopic (exact) mass is 255 g/mol. The molecule has 4 nitrogen and oxygen atoms in total. The summed E-state index contributed by atoms with van der Waals surface area (Å²) in [7, 11) is 3.12. The van der Waals surface area contributed by atoms with Crippen molar-refractivity contribution in [1.29, 1.82) is 0 Å². The maximum Gasteiger partial charge on any atom is 0.165 e. The second-order valence-corrected chi connectivity index (χ2v) is 4.22. The van der Waals surface area contributed by atoms with Gasteiger partial charge in [0.05, 0.1) is 14.2 Å². The number of methoxy groups -OCH3 is 2. The predicted octanol–water partition coefficient (Wildman–Crippen LogP) is 1.96. The van der Waals surface area contributed by atoms with Crippen molar-refractivity contribution in [2.75, 3.05) is 27.0 Å². The number of rotatable bonds is 6. The van der Waals surface area contributed by atoms with Gasteiger partial charge in [0.2, 0.25) is 0 Å². The Kier molecular flexibility index (Phi) is 5.31. The zero-order valence-electron chi connectivity index (χ0n) is 10.3. The van der Waals surface area contributed by atoms with E-state index in [1.54, 1.807) is 20.3 Å². The number of nitrogens with two attached hydrogens (primary N) is 1. The lowest BCUT2D eigenvalue weighted by atomic mass is 10.1. The highest BCUT2D eigenvalue weighted by Gasteiger charge is 2.15.